The van der Waals surface area contributed by atoms with E-state index in [4.69, 9.17) is 27.9 Å². The normalized spacial score (nSPS) is 15.6. The minimum atomic E-state index is -0.650. The average molecular weight is 458 g/mol. The Kier molecular flexibility index (Phi) is 10.9. The van der Waals surface area contributed by atoms with Crippen molar-refractivity contribution in [2.24, 2.45) is 0 Å². The molecular weight excluding hydrogens is 425 g/mol. The summed E-state index contributed by atoms with van der Waals surface area (Å²) in [6.07, 6.45) is 4.36. The Morgan fingerprint density at radius 1 is 1.17 bits per heavy atom. The summed E-state index contributed by atoms with van der Waals surface area (Å²) >= 11 is 12.1. The van der Waals surface area contributed by atoms with E-state index in [9.17, 15) is 9.59 Å². The molecule has 0 bridgehead atoms. The molecule has 1 aliphatic rings. The van der Waals surface area contributed by atoms with Crippen LogP contribution in [-0.2, 0) is 9.53 Å². The van der Waals surface area contributed by atoms with Crippen molar-refractivity contribution in [3.8, 4) is 0 Å². The van der Waals surface area contributed by atoms with Crippen molar-refractivity contribution in [3.63, 3.8) is 0 Å². The summed E-state index contributed by atoms with van der Waals surface area (Å²) < 4.78 is 5.40. The molecular formula is C22H33Cl2N3O3. The highest BCUT2D eigenvalue weighted by molar-refractivity contribution is 6.43. The summed E-state index contributed by atoms with van der Waals surface area (Å²) in [7, 11) is 0. The van der Waals surface area contributed by atoms with E-state index in [2.05, 4.69) is 17.1 Å². The first-order valence-electron chi connectivity index (χ1n) is 10.8. The van der Waals surface area contributed by atoms with E-state index in [1.54, 1.807) is 25.1 Å². The molecule has 8 heteroatoms. The van der Waals surface area contributed by atoms with E-state index in [1.165, 1.54) is 0 Å². The number of carbonyl (C=O) groups excluding carboxylic acids is 2. The summed E-state index contributed by atoms with van der Waals surface area (Å²) in [6.45, 7) is 9.27. The van der Waals surface area contributed by atoms with Crippen LogP contribution >= 0.6 is 23.2 Å². The smallest absolute Gasteiger partial charge is 0.253 e. The third-order valence-corrected chi connectivity index (χ3v) is 6.12. The molecule has 168 valence electrons. The fraction of sp³-hybridized carbons (Fsp3) is 0.636. The highest BCUT2D eigenvalue weighted by Crippen LogP contribution is 2.25. The van der Waals surface area contributed by atoms with E-state index in [1.807, 2.05) is 4.90 Å². The van der Waals surface area contributed by atoms with Gasteiger partial charge in [-0.2, -0.15) is 0 Å². The van der Waals surface area contributed by atoms with Gasteiger partial charge in [-0.15, -0.1) is 0 Å². The molecule has 1 atom stereocenters. The predicted octanol–water partition coefficient (Wildman–Crippen LogP) is 3.85. The Hall–Kier alpha value is -1.34. The minimum Gasteiger partial charge on any atom is -0.379 e. The molecule has 1 heterocycles. The maximum absolute atomic E-state index is 13.1. The van der Waals surface area contributed by atoms with E-state index in [0.717, 1.165) is 58.5 Å². The van der Waals surface area contributed by atoms with Crippen molar-refractivity contribution in [3.05, 3.63) is 33.8 Å². The fourth-order valence-corrected chi connectivity index (χ4v) is 3.82. The maximum atomic E-state index is 13.1. The van der Waals surface area contributed by atoms with Crippen molar-refractivity contribution in [2.45, 2.75) is 45.6 Å². The number of hydrogen-bond acceptors (Lipinski definition) is 4. The second-order valence-corrected chi connectivity index (χ2v) is 8.42. The first-order chi connectivity index (χ1) is 14.4. The lowest BCUT2D eigenvalue weighted by Gasteiger charge is -2.31. The Bertz CT molecular complexity index is 696. The van der Waals surface area contributed by atoms with Gasteiger partial charge in [0.25, 0.3) is 5.91 Å². The lowest BCUT2D eigenvalue weighted by molar-refractivity contribution is -0.133. The topological polar surface area (TPSA) is 61.9 Å². The second kappa shape index (κ2) is 13.2. The number of rotatable bonds is 11. The van der Waals surface area contributed by atoms with Crippen LogP contribution in [-0.4, -0.2) is 73.6 Å². The molecule has 0 saturated carbocycles. The minimum absolute atomic E-state index is 0.0775. The Morgan fingerprint density at radius 2 is 1.90 bits per heavy atom. The fourth-order valence-electron chi connectivity index (χ4n) is 3.44. The number of carbonyl (C=O) groups is 2. The molecule has 2 amide bonds. The van der Waals surface area contributed by atoms with E-state index >= 15 is 0 Å². The van der Waals surface area contributed by atoms with Gasteiger partial charge in [0.15, 0.2) is 0 Å². The molecule has 6 nitrogen and oxygen atoms in total. The lowest BCUT2D eigenvalue weighted by Crippen LogP contribution is -2.50. The summed E-state index contributed by atoms with van der Waals surface area (Å²) in [4.78, 5) is 29.9. The van der Waals surface area contributed by atoms with Gasteiger partial charge in [0.2, 0.25) is 5.91 Å². The van der Waals surface area contributed by atoms with Crippen molar-refractivity contribution in [1.82, 2.24) is 15.1 Å². The quantitative estimate of drug-likeness (QED) is 0.512. The first kappa shape index (κ1) is 24.9. The van der Waals surface area contributed by atoms with Gasteiger partial charge in [-0.1, -0.05) is 55.5 Å². The third kappa shape index (κ3) is 7.73. The lowest BCUT2D eigenvalue weighted by atomic mass is 10.1. The molecule has 1 unspecified atom stereocenters. The van der Waals surface area contributed by atoms with Gasteiger partial charge >= 0.3 is 0 Å². The van der Waals surface area contributed by atoms with E-state index in [0.29, 0.717) is 18.1 Å². The van der Waals surface area contributed by atoms with Crippen LogP contribution in [0.3, 0.4) is 0 Å². The molecule has 0 radical (unpaired) electrons. The van der Waals surface area contributed by atoms with Crippen LogP contribution < -0.4 is 5.32 Å². The zero-order chi connectivity index (χ0) is 21.9. The zero-order valence-corrected chi connectivity index (χ0v) is 19.5. The maximum Gasteiger partial charge on any atom is 0.253 e. The van der Waals surface area contributed by atoms with Crippen LogP contribution in [0.2, 0.25) is 10.0 Å². The van der Waals surface area contributed by atoms with Crippen LogP contribution in [0.15, 0.2) is 18.2 Å². The summed E-state index contributed by atoms with van der Waals surface area (Å²) in [5.41, 5.74) is 0.270. The third-order valence-electron chi connectivity index (χ3n) is 5.30. The van der Waals surface area contributed by atoms with Gasteiger partial charge in [0.05, 0.1) is 28.8 Å². The molecule has 1 fully saturated rings. The van der Waals surface area contributed by atoms with Gasteiger partial charge in [-0.3, -0.25) is 14.5 Å². The number of nitrogens with zero attached hydrogens (tertiary/aromatic N) is 2. The molecule has 1 aliphatic heterocycles. The van der Waals surface area contributed by atoms with E-state index < -0.39 is 11.9 Å². The van der Waals surface area contributed by atoms with Gasteiger partial charge in [-0.05, 0) is 25.5 Å². The molecule has 0 aliphatic carbocycles. The Balaban J connectivity index is 1.96. The van der Waals surface area contributed by atoms with Crippen LogP contribution in [0.4, 0.5) is 0 Å². The number of ether oxygens (including phenoxy) is 1. The number of nitrogens with one attached hydrogen (secondary N) is 1. The highest BCUT2D eigenvalue weighted by atomic mass is 35.5. The molecule has 2 rings (SSSR count). The largest absolute Gasteiger partial charge is 0.379 e. The SMILES string of the molecule is CCCCCCN(CCN1CCOCC1)C(=O)C(C)NC(=O)c1cccc(Cl)c1Cl. The van der Waals surface area contributed by atoms with Crippen molar-refractivity contribution >= 4 is 35.0 Å². The first-order valence-corrected chi connectivity index (χ1v) is 11.5. The van der Waals surface area contributed by atoms with Gasteiger partial charge in [-0.25, -0.2) is 0 Å². The van der Waals surface area contributed by atoms with Crippen molar-refractivity contribution in [2.75, 3.05) is 45.9 Å². The van der Waals surface area contributed by atoms with Gasteiger partial charge in [0.1, 0.15) is 6.04 Å². The summed E-state index contributed by atoms with van der Waals surface area (Å²) in [5, 5.41) is 3.28. The van der Waals surface area contributed by atoms with E-state index in [-0.39, 0.29) is 16.5 Å². The van der Waals surface area contributed by atoms with Crippen molar-refractivity contribution < 1.29 is 14.3 Å². The van der Waals surface area contributed by atoms with Crippen molar-refractivity contribution in [1.29, 1.82) is 0 Å². The van der Waals surface area contributed by atoms with Gasteiger partial charge < -0.3 is 15.0 Å². The standard InChI is InChI=1S/C22H33Cl2N3O3/c1-3-4-5-6-10-27(12-11-26-13-15-30-16-14-26)22(29)17(2)25-21(28)18-8-7-9-19(23)20(18)24/h7-9,17H,3-6,10-16H2,1-2H3,(H,25,28). The summed E-state index contributed by atoms with van der Waals surface area (Å²) in [5.74, 6) is -0.478. The summed E-state index contributed by atoms with van der Waals surface area (Å²) in [6, 6.07) is 4.24. The molecule has 0 aromatic heterocycles. The molecule has 30 heavy (non-hydrogen) atoms. The van der Waals surface area contributed by atoms with Crippen LogP contribution in [0.5, 0.6) is 0 Å². The predicted molar refractivity (Wildman–Crippen MR) is 121 cm³/mol. The number of morpholine rings is 1. The number of amides is 2. The Morgan fingerprint density at radius 3 is 2.60 bits per heavy atom. The number of hydrogen-bond donors (Lipinski definition) is 1. The number of benzene rings is 1. The molecule has 1 aromatic carbocycles. The van der Waals surface area contributed by atoms with Gasteiger partial charge in [0, 0.05) is 32.7 Å². The molecule has 0 spiro atoms. The second-order valence-electron chi connectivity index (χ2n) is 7.64. The van der Waals surface area contributed by atoms with Crippen LogP contribution in [0, 0.1) is 0 Å². The van der Waals surface area contributed by atoms with Crippen LogP contribution in [0.25, 0.3) is 0 Å². The number of unbranched alkanes of at least 4 members (excludes halogenated alkanes) is 3. The zero-order valence-electron chi connectivity index (χ0n) is 18.0. The average Bonchev–Trinajstić information content (AvgIpc) is 2.75. The highest BCUT2D eigenvalue weighted by Gasteiger charge is 2.24. The number of halogens is 2. The molecule has 1 aromatic rings. The van der Waals surface area contributed by atoms with Crippen LogP contribution in [0.1, 0.15) is 49.9 Å². The Labute approximate surface area is 189 Å². The monoisotopic (exact) mass is 457 g/mol. The molecule has 1 saturated heterocycles. The molecule has 1 N–H and O–H groups in total.